The number of aromatic nitrogens is 2. The Hall–Kier alpha value is -0.590. The molecule has 0 aliphatic heterocycles. The third-order valence-electron chi connectivity index (χ3n) is 3.31. The summed E-state index contributed by atoms with van der Waals surface area (Å²) in [5.74, 6) is 0.701. The van der Waals surface area contributed by atoms with E-state index in [1.807, 2.05) is 6.92 Å². The van der Waals surface area contributed by atoms with E-state index in [1.54, 1.807) is 17.7 Å². The van der Waals surface area contributed by atoms with E-state index in [2.05, 4.69) is 9.71 Å². The first-order valence-electron chi connectivity index (χ1n) is 6.14. The lowest BCUT2D eigenvalue weighted by atomic mass is 10.3. The fourth-order valence-corrected chi connectivity index (χ4v) is 3.97. The number of nitrogens with zero attached hydrogens (tertiary/aromatic N) is 2. The molecule has 7 heteroatoms. The Morgan fingerprint density at radius 1 is 1.56 bits per heavy atom. The van der Waals surface area contributed by atoms with E-state index in [4.69, 9.17) is 11.6 Å². The molecular weight excluding hydrogens is 274 g/mol. The van der Waals surface area contributed by atoms with E-state index in [1.165, 1.54) is 0 Å². The zero-order valence-corrected chi connectivity index (χ0v) is 12.1. The fourth-order valence-electron chi connectivity index (χ4n) is 2.24. The summed E-state index contributed by atoms with van der Waals surface area (Å²) >= 11 is 6.08. The first kappa shape index (κ1) is 13.8. The number of halogens is 1. The van der Waals surface area contributed by atoms with Gasteiger partial charge in [0, 0.05) is 24.2 Å². The van der Waals surface area contributed by atoms with E-state index in [0.717, 1.165) is 19.3 Å². The minimum absolute atomic E-state index is 0.0811. The summed E-state index contributed by atoms with van der Waals surface area (Å²) in [7, 11) is -3.55. The summed E-state index contributed by atoms with van der Waals surface area (Å²) in [5.41, 5.74) is 0. The van der Waals surface area contributed by atoms with Gasteiger partial charge in [-0.3, -0.25) is 0 Å². The second kappa shape index (κ2) is 5.19. The molecule has 1 heterocycles. The van der Waals surface area contributed by atoms with Gasteiger partial charge in [-0.25, -0.2) is 18.1 Å². The highest BCUT2D eigenvalue weighted by Gasteiger charge is 2.31. The summed E-state index contributed by atoms with van der Waals surface area (Å²) in [6, 6.07) is -0.177. The molecule has 0 saturated heterocycles. The van der Waals surface area contributed by atoms with Crippen LogP contribution in [0, 0.1) is 6.92 Å². The van der Waals surface area contributed by atoms with Crippen LogP contribution in [0.3, 0.4) is 0 Å². The van der Waals surface area contributed by atoms with E-state index in [-0.39, 0.29) is 16.4 Å². The molecule has 0 aromatic carbocycles. The standard InChI is InChI=1S/C11H18ClN3O2S/c1-3-15-7-11(13-8(15)2)18(16,17)14-10-6-4-5-9(10)12/h7,9-10,14H,3-6H2,1-2H3. The van der Waals surface area contributed by atoms with Crippen LogP contribution in [0.5, 0.6) is 0 Å². The lowest BCUT2D eigenvalue weighted by Gasteiger charge is -2.14. The second-order valence-corrected chi connectivity index (χ2v) is 6.81. The Labute approximate surface area is 113 Å². The second-order valence-electron chi connectivity index (χ2n) is 4.59. The van der Waals surface area contributed by atoms with Crippen molar-refractivity contribution in [1.29, 1.82) is 0 Å². The third-order valence-corrected chi connectivity index (χ3v) is 5.19. The van der Waals surface area contributed by atoms with Crippen LogP contribution in [-0.4, -0.2) is 29.4 Å². The highest BCUT2D eigenvalue weighted by atomic mass is 35.5. The Morgan fingerprint density at radius 3 is 2.78 bits per heavy atom. The molecule has 18 heavy (non-hydrogen) atoms. The number of aryl methyl sites for hydroxylation is 2. The van der Waals surface area contributed by atoms with Crippen LogP contribution in [0.15, 0.2) is 11.2 Å². The summed E-state index contributed by atoms with van der Waals surface area (Å²) in [4.78, 5) is 4.09. The van der Waals surface area contributed by atoms with Gasteiger partial charge in [-0.2, -0.15) is 0 Å². The van der Waals surface area contributed by atoms with Crippen molar-refractivity contribution in [1.82, 2.24) is 14.3 Å². The van der Waals surface area contributed by atoms with Gasteiger partial charge in [-0.05, 0) is 26.7 Å². The van der Waals surface area contributed by atoms with Gasteiger partial charge in [0.15, 0.2) is 5.03 Å². The maximum Gasteiger partial charge on any atom is 0.259 e. The maximum atomic E-state index is 12.2. The number of imidazole rings is 1. The zero-order valence-electron chi connectivity index (χ0n) is 10.6. The third kappa shape index (κ3) is 2.70. The van der Waals surface area contributed by atoms with Crippen LogP contribution in [0.25, 0.3) is 0 Å². The van der Waals surface area contributed by atoms with Crippen molar-refractivity contribution in [3.8, 4) is 0 Å². The van der Waals surface area contributed by atoms with Gasteiger partial charge >= 0.3 is 0 Å². The monoisotopic (exact) mass is 291 g/mol. The number of hydrogen-bond acceptors (Lipinski definition) is 3. The van der Waals surface area contributed by atoms with Crippen molar-refractivity contribution in [2.24, 2.45) is 0 Å². The van der Waals surface area contributed by atoms with Crippen molar-refractivity contribution in [2.45, 2.75) is 56.1 Å². The van der Waals surface area contributed by atoms with Crippen LogP contribution < -0.4 is 4.72 Å². The Balaban J connectivity index is 2.19. The van der Waals surface area contributed by atoms with Crippen LogP contribution >= 0.6 is 11.6 Å². The number of alkyl halides is 1. The van der Waals surface area contributed by atoms with Crippen LogP contribution in [0.4, 0.5) is 0 Å². The predicted octanol–water partition coefficient (Wildman–Crippen LogP) is 1.65. The van der Waals surface area contributed by atoms with E-state index in [0.29, 0.717) is 12.4 Å². The van der Waals surface area contributed by atoms with Crippen molar-refractivity contribution >= 4 is 21.6 Å². The highest BCUT2D eigenvalue weighted by Crippen LogP contribution is 2.25. The van der Waals surface area contributed by atoms with Gasteiger partial charge in [-0.15, -0.1) is 11.6 Å². The summed E-state index contributed by atoms with van der Waals surface area (Å²) in [6.45, 7) is 4.45. The Kier molecular flexibility index (Phi) is 3.99. The minimum atomic E-state index is -3.55. The molecule has 0 amide bonds. The van der Waals surface area contributed by atoms with Gasteiger partial charge in [0.25, 0.3) is 10.0 Å². The molecule has 0 radical (unpaired) electrons. The average Bonchev–Trinajstić information content (AvgIpc) is 2.86. The van der Waals surface area contributed by atoms with Crippen molar-refractivity contribution < 1.29 is 8.42 Å². The van der Waals surface area contributed by atoms with Gasteiger partial charge in [-0.1, -0.05) is 6.42 Å². The molecule has 0 bridgehead atoms. The molecule has 2 unspecified atom stereocenters. The van der Waals surface area contributed by atoms with Gasteiger partial charge in [0.1, 0.15) is 5.82 Å². The Morgan fingerprint density at radius 2 is 2.28 bits per heavy atom. The molecule has 0 spiro atoms. The maximum absolute atomic E-state index is 12.2. The molecule has 1 aromatic heterocycles. The molecular formula is C11H18ClN3O2S. The van der Waals surface area contributed by atoms with Crippen molar-refractivity contribution in [2.75, 3.05) is 0 Å². The lowest BCUT2D eigenvalue weighted by molar-refractivity contribution is 0.550. The molecule has 1 aliphatic carbocycles. The van der Waals surface area contributed by atoms with Crippen molar-refractivity contribution in [3.63, 3.8) is 0 Å². The molecule has 2 rings (SSSR count). The molecule has 1 aliphatic rings. The summed E-state index contributed by atoms with van der Waals surface area (Å²) in [6.07, 6.45) is 4.18. The van der Waals surface area contributed by atoms with Crippen LogP contribution in [0.2, 0.25) is 0 Å². The van der Waals surface area contributed by atoms with E-state index >= 15 is 0 Å². The topological polar surface area (TPSA) is 64.0 Å². The Bertz CT molecular complexity index is 526. The SMILES string of the molecule is CCn1cc(S(=O)(=O)NC2CCCC2Cl)nc1C. The number of nitrogens with one attached hydrogen (secondary N) is 1. The van der Waals surface area contributed by atoms with Crippen LogP contribution in [-0.2, 0) is 16.6 Å². The summed E-state index contributed by atoms with van der Waals surface area (Å²) in [5, 5.41) is -0.0354. The lowest BCUT2D eigenvalue weighted by Crippen LogP contribution is -2.37. The number of sulfonamides is 1. The molecule has 1 fully saturated rings. The van der Waals surface area contributed by atoms with Gasteiger partial charge < -0.3 is 4.57 Å². The van der Waals surface area contributed by atoms with Gasteiger partial charge in [0.05, 0.1) is 0 Å². The summed E-state index contributed by atoms with van der Waals surface area (Å²) < 4.78 is 28.8. The first-order valence-corrected chi connectivity index (χ1v) is 8.06. The largest absolute Gasteiger partial charge is 0.334 e. The fraction of sp³-hybridized carbons (Fsp3) is 0.727. The highest BCUT2D eigenvalue weighted by molar-refractivity contribution is 7.89. The van der Waals surface area contributed by atoms with Gasteiger partial charge in [0.2, 0.25) is 0 Å². The molecule has 2 atom stereocenters. The number of rotatable bonds is 4. The zero-order chi connectivity index (χ0) is 13.3. The molecule has 1 saturated carbocycles. The van der Waals surface area contributed by atoms with Crippen LogP contribution in [0.1, 0.15) is 32.0 Å². The molecule has 5 nitrogen and oxygen atoms in total. The van der Waals surface area contributed by atoms with Crippen molar-refractivity contribution in [3.05, 3.63) is 12.0 Å². The first-order chi connectivity index (χ1) is 8.44. The normalized spacial score (nSPS) is 24.6. The average molecular weight is 292 g/mol. The molecule has 1 N–H and O–H groups in total. The molecule has 102 valence electrons. The van der Waals surface area contributed by atoms with E-state index < -0.39 is 10.0 Å². The smallest absolute Gasteiger partial charge is 0.259 e. The molecule has 1 aromatic rings. The van der Waals surface area contributed by atoms with E-state index in [9.17, 15) is 8.42 Å². The quantitative estimate of drug-likeness (QED) is 0.858. The minimum Gasteiger partial charge on any atom is -0.334 e. The number of hydrogen-bond donors (Lipinski definition) is 1. The predicted molar refractivity (Wildman–Crippen MR) is 70.2 cm³/mol.